The number of ether oxygens (including phenoxy) is 2. The smallest absolute Gasteiger partial charge is 0.295 e. The van der Waals surface area contributed by atoms with Gasteiger partial charge in [0, 0.05) is 25.1 Å². The van der Waals surface area contributed by atoms with Crippen LogP contribution in [0.15, 0.2) is 54.1 Å². The summed E-state index contributed by atoms with van der Waals surface area (Å²) in [6.07, 6.45) is 1.16. The Hall–Kier alpha value is -3.32. The van der Waals surface area contributed by atoms with Crippen molar-refractivity contribution in [3.8, 4) is 11.5 Å². The zero-order chi connectivity index (χ0) is 22.4. The zero-order valence-corrected chi connectivity index (χ0v) is 17.7. The first-order chi connectivity index (χ1) is 15.0. The lowest BCUT2D eigenvalue weighted by Gasteiger charge is -2.25. The minimum Gasteiger partial charge on any atom is -0.507 e. The largest absolute Gasteiger partial charge is 0.507 e. The van der Waals surface area contributed by atoms with E-state index in [1.807, 2.05) is 6.92 Å². The van der Waals surface area contributed by atoms with Crippen LogP contribution in [0.2, 0.25) is 0 Å². The van der Waals surface area contributed by atoms with Crippen LogP contribution in [0.4, 0.5) is 0 Å². The van der Waals surface area contributed by atoms with Crippen molar-refractivity contribution in [3.05, 3.63) is 65.2 Å². The monoisotopic (exact) mass is 425 g/mol. The van der Waals surface area contributed by atoms with Gasteiger partial charge in [-0.15, -0.1) is 0 Å². The molecule has 1 fully saturated rings. The fraction of sp³-hybridized carbons (Fsp3) is 0.333. The van der Waals surface area contributed by atoms with E-state index in [0.29, 0.717) is 48.6 Å². The van der Waals surface area contributed by atoms with Crippen LogP contribution in [0.3, 0.4) is 0 Å². The lowest BCUT2D eigenvalue weighted by atomic mass is 9.95. The van der Waals surface area contributed by atoms with E-state index in [1.165, 1.54) is 12.0 Å². The molecule has 1 unspecified atom stereocenters. The van der Waals surface area contributed by atoms with Crippen molar-refractivity contribution in [1.29, 1.82) is 0 Å². The molecule has 0 saturated carbocycles. The molecule has 3 rings (SSSR count). The lowest BCUT2D eigenvalue weighted by molar-refractivity contribution is -0.139. The van der Waals surface area contributed by atoms with Crippen molar-refractivity contribution in [2.45, 2.75) is 25.8 Å². The first-order valence-electron chi connectivity index (χ1n) is 10.3. The summed E-state index contributed by atoms with van der Waals surface area (Å²) in [5.74, 6) is -0.502. The van der Waals surface area contributed by atoms with Crippen LogP contribution in [0, 0.1) is 0 Å². The molecule has 0 radical (unpaired) electrons. The highest BCUT2D eigenvalue weighted by Crippen LogP contribution is 2.40. The van der Waals surface area contributed by atoms with Gasteiger partial charge >= 0.3 is 0 Å². The molecule has 1 heterocycles. The number of nitrogens with zero attached hydrogens (tertiary/aromatic N) is 1. The number of Topliss-reactive ketones (excluding diaryl/α,β-unsaturated/α-hetero) is 1. The maximum atomic E-state index is 12.9. The predicted molar refractivity (Wildman–Crippen MR) is 116 cm³/mol. The summed E-state index contributed by atoms with van der Waals surface area (Å²) < 4.78 is 10.9. The molecule has 2 aromatic carbocycles. The molecule has 31 heavy (non-hydrogen) atoms. The molecule has 0 aromatic heterocycles. The second-order valence-electron chi connectivity index (χ2n) is 7.22. The number of amides is 1. The van der Waals surface area contributed by atoms with Crippen molar-refractivity contribution in [2.24, 2.45) is 0 Å². The number of methoxy groups -OCH3 is 1. The van der Waals surface area contributed by atoms with Crippen molar-refractivity contribution >= 4 is 17.4 Å². The van der Waals surface area contributed by atoms with Crippen LogP contribution in [0.5, 0.6) is 11.5 Å². The quantitative estimate of drug-likeness (QED) is 0.277. The van der Waals surface area contributed by atoms with Gasteiger partial charge in [0.15, 0.2) is 0 Å². The number of likely N-dealkylation sites (tertiary alicyclic amines) is 1. The third-order valence-electron chi connectivity index (χ3n) is 5.09. The summed E-state index contributed by atoms with van der Waals surface area (Å²) in [7, 11) is 1.52. The summed E-state index contributed by atoms with van der Waals surface area (Å²) in [5, 5.41) is 20.0. The van der Waals surface area contributed by atoms with Crippen LogP contribution in [-0.4, -0.2) is 53.7 Å². The molecule has 2 aromatic rings. The van der Waals surface area contributed by atoms with Gasteiger partial charge < -0.3 is 24.6 Å². The van der Waals surface area contributed by atoms with Crippen molar-refractivity contribution < 1.29 is 29.3 Å². The van der Waals surface area contributed by atoms with Crippen molar-refractivity contribution in [3.63, 3.8) is 0 Å². The van der Waals surface area contributed by atoms with Crippen molar-refractivity contribution in [1.82, 2.24) is 4.90 Å². The van der Waals surface area contributed by atoms with E-state index in [-0.39, 0.29) is 17.9 Å². The van der Waals surface area contributed by atoms with Crippen LogP contribution < -0.4 is 9.47 Å². The molecule has 7 nitrogen and oxygen atoms in total. The lowest BCUT2D eigenvalue weighted by Crippen LogP contribution is -2.30. The number of hydrogen-bond donors (Lipinski definition) is 2. The first kappa shape index (κ1) is 22.4. The second kappa shape index (κ2) is 10.1. The van der Waals surface area contributed by atoms with Gasteiger partial charge in [-0.25, -0.2) is 0 Å². The average molecular weight is 425 g/mol. The molecule has 0 aliphatic carbocycles. The van der Waals surface area contributed by atoms with E-state index in [4.69, 9.17) is 14.6 Å². The SMILES string of the molecule is CCCN1C(=O)C(=O)/C(=C(\O)c2cccc(OC)c2)C1c1cccc(OCCCO)c1. The van der Waals surface area contributed by atoms with E-state index in [1.54, 1.807) is 48.5 Å². The maximum Gasteiger partial charge on any atom is 0.295 e. The third kappa shape index (κ3) is 4.72. The van der Waals surface area contributed by atoms with Gasteiger partial charge in [0.25, 0.3) is 11.7 Å². The molecule has 0 bridgehead atoms. The van der Waals surface area contributed by atoms with E-state index in [9.17, 15) is 14.7 Å². The highest BCUT2D eigenvalue weighted by molar-refractivity contribution is 6.46. The van der Waals surface area contributed by atoms with E-state index in [2.05, 4.69) is 0 Å². The number of hydrogen-bond acceptors (Lipinski definition) is 6. The third-order valence-corrected chi connectivity index (χ3v) is 5.09. The maximum absolute atomic E-state index is 12.9. The van der Waals surface area contributed by atoms with Gasteiger partial charge in [0.2, 0.25) is 0 Å². The Morgan fingerprint density at radius 3 is 2.55 bits per heavy atom. The second-order valence-corrected chi connectivity index (χ2v) is 7.22. The molecule has 1 aliphatic rings. The molecule has 2 N–H and O–H groups in total. The van der Waals surface area contributed by atoms with Crippen molar-refractivity contribution in [2.75, 3.05) is 26.9 Å². The highest BCUT2D eigenvalue weighted by Gasteiger charge is 2.45. The number of aliphatic hydroxyl groups excluding tert-OH is 2. The van der Waals surface area contributed by atoms with E-state index < -0.39 is 17.7 Å². The summed E-state index contributed by atoms with van der Waals surface area (Å²) >= 11 is 0. The average Bonchev–Trinajstić information content (AvgIpc) is 3.04. The summed E-state index contributed by atoms with van der Waals surface area (Å²) in [6, 6.07) is 13.1. The van der Waals surface area contributed by atoms with Gasteiger partial charge in [-0.1, -0.05) is 31.2 Å². The number of rotatable bonds is 9. The molecular formula is C24H27NO6. The molecule has 1 saturated heterocycles. The number of benzene rings is 2. The normalized spacial score (nSPS) is 17.8. The van der Waals surface area contributed by atoms with Crippen LogP contribution in [0.1, 0.15) is 36.9 Å². The Morgan fingerprint density at radius 1 is 1.10 bits per heavy atom. The Balaban J connectivity index is 2.09. The highest BCUT2D eigenvalue weighted by atomic mass is 16.5. The number of carbonyl (C=O) groups excluding carboxylic acids is 2. The van der Waals surface area contributed by atoms with Gasteiger partial charge in [0.1, 0.15) is 17.3 Å². The minimum absolute atomic E-state index is 0.0247. The Labute approximate surface area is 181 Å². The van der Waals surface area contributed by atoms with Gasteiger partial charge in [-0.3, -0.25) is 9.59 Å². The molecule has 7 heteroatoms. The van der Waals surface area contributed by atoms with Gasteiger partial charge in [-0.2, -0.15) is 0 Å². The Bertz CT molecular complexity index is 984. The summed E-state index contributed by atoms with van der Waals surface area (Å²) in [6.45, 7) is 2.67. The summed E-state index contributed by atoms with van der Waals surface area (Å²) in [4.78, 5) is 27.2. The topological polar surface area (TPSA) is 96.3 Å². The fourth-order valence-electron chi connectivity index (χ4n) is 3.65. The van der Waals surface area contributed by atoms with Crippen LogP contribution in [0.25, 0.3) is 5.76 Å². The molecule has 1 aliphatic heterocycles. The molecule has 0 spiro atoms. The number of ketones is 1. The first-order valence-corrected chi connectivity index (χ1v) is 10.3. The predicted octanol–water partition coefficient (Wildman–Crippen LogP) is 3.29. The standard InChI is InChI=1S/C24H27NO6/c1-3-11-25-21(16-7-4-10-19(14-16)31-13-6-12-26)20(23(28)24(25)29)22(27)17-8-5-9-18(15-17)30-2/h4-5,7-10,14-15,21,26-27H,3,6,11-13H2,1-2H3/b22-20-. The van der Waals surface area contributed by atoms with Gasteiger partial charge in [-0.05, 0) is 36.2 Å². The zero-order valence-electron chi connectivity index (χ0n) is 17.7. The molecular weight excluding hydrogens is 398 g/mol. The van der Waals surface area contributed by atoms with Crippen LogP contribution >= 0.6 is 0 Å². The minimum atomic E-state index is -0.729. The van der Waals surface area contributed by atoms with E-state index in [0.717, 1.165) is 0 Å². The number of aliphatic hydroxyl groups is 2. The molecule has 1 atom stereocenters. The Kier molecular flexibility index (Phi) is 7.31. The number of carbonyl (C=O) groups is 2. The Morgan fingerprint density at radius 2 is 1.84 bits per heavy atom. The fourth-order valence-corrected chi connectivity index (χ4v) is 3.65. The molecule has 164 valence electrons. The van der Waals surface area contributed by atoms with Crippen LogP contribution in [-0.2, 0) is 9.59 Å². The summed E-state index contributed by atoms with van der Waals surface area (Å²) in [5.41, 5.74) is 1.10. The van der Waals surface area contributed by atoms with E-state index >= 15 is 0 Å². The van der Waals surface area contributed by atoms with Gasteiger partial charge in [0.05, 0.1) is 25.3 Å². The molecule has 1 amide bonds.